The molecule has 0 bridgehead atoms. The monoisotopic (exact) mass is 380 g/mol. The maximum absolute atomic E-state index is 9.61. The van der Waals surface area contributed by atoms with E-state index in [4.69, 9.17) is 23.2 Å². The fraction of sp³-hybridized carbons (Fsp3) is 0.136. The molecule has 1 aromatic heterocycles. The summed E-state index contributed by atoms with van der Waals surface area (Å²) in [7, 11) is 0. The number of allylic oxidation sites excluding steroid dienone is 1. The van der Waals surface area contributed by atoms with E-state index in [1.807, 2.05) is 63.2 Å². The molecule has 0 atom stereocenters. The van der Waals surface area contributed by atoms with Crippen molar-refractivity contribution in [3.63, 3.8) is 0 Å². The largest absolute Gasteiger partial charge is 0.316 e. The predicted molar refractivity (Wildman–Crippen MR) is 110 cm³/mol. The first-order valence-corrected chi connectivity index (χ1v) is 8.99. The van der Waals surface area contributed by atoms with Crippen molar-refractivity contribution in [1.29, 1.82) is 5.26 Å². The molecule has 4 heteroatoms. The number of hydrogen-bond donors (Lipinski definition) is 0. The molecule has 0 saturated carbocycles. The molecule has 26 heavy (non-hydrogen) atoms. The normalized spacial score (nSPS) is 11.5. The van der Waals surface area contributed by atoms with Crippen molar-refractivity contribution in [3.8, 4) is 11.8 Å². The molecule has 3 aromatic rings. The molecule has 0 N–H and O–H groups in total. The SMILES string of the molecule is Cc1ccc(/C(C#N)=C\c2cc(C)n(-c3ccc(Cl)cc3Cl)c2C)cc1. The van der Waals surface area contributed by atoms with Crippen molar-refractivity contribution in [3.05, 3.63) is 86.7 Å². The Hall–Kier alpha value is -2.47. The minimum absolute atomic E-state index is 0.592. The van der Waals surface area contributed by atoms with E-state index in [2.05, 4.69) is 16.7 Å². The summed E-state index contributed by atoms with van der Waals surface area (Å²) >= 11 is 12.4. The standard InChI is InChI=1S/C22H18Cl2N2/c1-14-4-6-17(7-5-14)19(13-25)11-18-10-15(2)26(16(18)3)22-9-8-20(23)12-21(22)24/h4-12H,1-3H3/b19-11-. The van der Waals surface area contributed by atoms with Crippen LogP contribution in [0.4, 0.5) is 0 Å². The van der Waals surface area contributed by atoms with Gasteiger partial charge in [0, 0.05) is 16.4 Å². The smallest absolute Gasteiger partial charge is 0.0998 e. The highest BCUT2D eigenvalue weighted by molar-refractivity contribution is 6.35. The molecule has 0 aliphatic carbocycles. The summed E-state index contributed by atoms with van der Waals surface area (Å²) in [6.45, 7) is 6.07. The van der Waals surface area contributed by atoms with Crippen LogP contribution in [-0.2, 0) is 0 Å². The number of benzene rings is 2. The predicted octanol–water partition coefficient (Wildman–Crippen LogP) is 6.77. The molecule has 2 aromatic carbocycles. The van der Waals surface area contributed by atoms with E-state index in [1.54, 1.807) is 6.07 Å². The number of rotatable bonds is 3. The molecule has 130 valence electrons. The Morgan fingerprint density at radius 2 is 1.69 bits per heavy atom. The summed E-state index contributed by atoms with van der Waals surface area (Å²) in [5.41, 5.74) is 6.64. The van der Waals surface area contributed by atoms with Crippen LogP contribution in [0.2, 0.25) is 10.0 Å². The Labute approximate surface area is 163 Å². The lowest BCUT2D eigenvalue weighted by atomic mass is 10.0. The van der Waals surface area contributed by atoms with Gasteiger partial charge in [-0.25, -0.2) is 0 Å². The van der Waals surface area contributed by atoms with Gasteiger partial charge in [0.2, 0.25) is 0 Å². The van der Waals surface area contributed by atoms with Crippen molar-refractivity contribution >= 4 is 34.9 Å². The zero-order chi connectivity index (χ0) is 18.8. The summed E-state index contributed by atoms with van der Waals surface area (Å²) in [6.07, 6.45) is 1.92. The summed E-state index contributed by atoms with van der Waals surface area (Å²) in [5, 5.41) is 10.8. The summed E-state index contributed by atoms with van der Waals surface area (Å²) < 4.78 is 2.08. The molecule has 1 heterocycles. The van der Waals surface area contributed by atoms with E-state index < -0.39 is 0 Å². The summed E-state index contributed by atoms with van der Waals surface area (Å²) in [5.74, 6) is 0. The zero-order valence-corrected chi connectivity index (χ0v) is 16.4. The second-order valence-corrected chi connectivity index (χ2v) is 7.14. The van der Waals surface area contributed by atoms with E-state index in [9.17, 15) is 5.26 Å². The molecule has 0 aliphatic rings. The van der Waals surface area contributed by atoms with Gasteiger partial charge in [0.1, 0.15) is 0 Å². The molecule has 3 rings (SSSR count). The van der Waals surface area contributed by atoms with Crippen LogP contribution < -0.4 is 0 Å². The molecule has 0 spiro atoms. The van der Waals surface area contributed by atoms with Crippen LogP contribution in [0, 0.1) is 32.1 Å². The van der Waals surface area contributed by atoms with Crippen LogP contribution in [-0.4, -0.2) is 4.57 Å². The molecule has 0 amide bonds. The van der Waals surface area contributed by atoms with Crippen LogP contribution in [0.25, 0.3) is 17.3 Å². The highest BCUT2D eigenvalue weighted by atomic mass is 35.5. The van der Waals surface area contributed by atoms with E-state index in [-0.39, 0.29) is 0 Å². The van der Waals surface area contributed by atoms with Crippen molar-refractivity contribution in [2.75, 3.05) is 0 Å². The average Bonchev–Trinajstić information content (AvgIpc) is 2.88. The van der Waals surface area contributed by atoms with Gasteiger partial charge >= 0.3 is 0 Å². The molecule has 0 fully saturated rings. The lowest BCUT2D eigenvalue weighted by Gasteiger charge is -2.12. The van der Waals surface area contributed by atoms with Gasteiger partial charge in [-0.3, -0.25) is 0 Å². The number of aryl methyl sites for hydroxylation is 2. The molecule has 0 aliphatic heterocycles. The van der Waals surface area contributed by atoms with Gasteiger partial charge in [0.15, 0.2) is 0 Å². The summed E-state index contributed by atoms with van der Waals surface area (Å²) in [6, 6.07) is 17.8. The number of halogens is 2. The first kappa shape index (κ1) is 18.3. The van der Waals surface area contributed by atoms with E-state index >= 15 is 0 Å². The fourth-order valence-corrected chi connectivity index (χ4v) is 3.53. The minimum Gasteiger partial charge on any atom is -0.316 e. The Balaban J connectivity index is 2.10. The van der Waals surface area contributed by atoms with Crippen molar-refractivity contribution in [2.24, 2.45) is 0 Å². The highest BCUT2D eigenvalue weighted by Gasteiger charge is 2.13. The van der Waals surface area contributed by atoms with Gasteiger partial charge < -0.3 is 4.57 Å². The minimum atomic E-state index is 0.592. The van der Waals surface area contributed by atoms with Gasteiger partial charge in [-0.05, 0) is 62.2 Å². The first-order chi connectivity index (χ1) is 12.4. The average molecular weight is 381 g/mol. The first-order valence-electron chi connectivity index (χ1n) is 8.24. The Morgan fingerprint density at radius 3 is 2.31 bits per heavy atom. The van der Waals surface area contributed by atoms with E-state index in [0.717, 1.165) is 28.2 Å². The number of nitrogens with zero attached hydrogens (tertiary/aromatic N) is 2. The number of aromatic nitrogens is 1. The molecule has 0 saturated heterocycles. The van der Waals surface area contributed by atoms with E-state index in [1.165, 1.54) is 5.56 Å². The number of nitriles is 1. The maximum Gasteiger partial charge on any atom is 0.0998 e. The molecular formula is C22H18Cl2N2. The van der Waals surface area contributed by atoms with E-state index in [0.29, 0.717) is 15.6 Å². The van der Waals surface area contributed by atoms with Crippen LogP contribution >= 0.6 is 23.2 Å². The van der Waals surface area contributed by atoms with Crippen molar-refractivity contribution in [2.45, 2.75) is 20.8 Å². The number of hydrogen-bond acceptors (Lipinski definition) is 1. The zero-order valence-electron chi connectivity index (χ0n) is 14.8. The maximum atomic E-state index is 9.61. The Bertz CT molecular complexity index is 1040. The van der Waals surface area contributed by atoms with Crippen LogP contribution in [0.1, 0.15) is 28.1 Å². The topological polar surface area (TPSA) is 28.7 Å². The van der Waals surface area contributed by atoms with Gasteiger partial charge in [-0.1, -0.05) is 53.0 Å². The molecule has 2 nitrogen and oxygen atoms in total. The molecular weight excluding hydrogens is 363 g/mol. The third kappa shape index (κ3) is 3.55. The lowest BCUT2D eigenvalue weighted by molar-refractivity contribution is 0.965. The van der Waals surface area contributed by atoms with Crippen LogP contribution in [0.3, 0.4) is 0 Å². The van der Waals surface area contributed by atoms with Gasteiger partial charge in [-0.2, -0.15) is 5.26 Å². The van der Waals surface area contributed by atoms with Gasteiger partial charge in [-0.15, -0.1) is 0 Å². The second-order valence-electron chi connectivity index (χ2n) is 6.29. The lowest BCUT2D eigenvalue weighted by Crippen LogP contribution is -2.00. The third-order valence-electron chi connectivity index (χ3n) is 4.40. The highest BCUT2D eigenvalue weighted by Crippen LogP contribution is 2.30. The molecule has 0 radical (unpaired) electrons. The summed E-state index contributed by atoms with van der Waals surface area (Å²) in [4.78, 5) is 0. The Kier molecular flexibility index (Phi) is 5.23. The van der Waals surface area contributed by atoms with Crippen LogP contribution in [0.5, 0.6) is 0 Å². The van der Waals surface area contributed by atoms with Crippen LogP contribution in [0.15, 0.2) is 48.5 Å². The van der Waals surface area contributed by atoms with Crippen molar-refractivity contribution in [1.82, 2.24) is 4.57 Å². The van der Waals surface area contributed by atoms with Crippen molar-refractivity contribution < 1.29 is 0 Å². The van der Waals surface area contributed by atoms with Gasteiger partial charge in [0.05, 0.1) is 22.4 Å². The second kappa shape index (κ2) is 7.41. The fourth-order valence-electron chi connectivity index (χ4n) is 3.04. The molecule has 0 unspecified atom stereocenters. The third-order valence-corrected chi connectivity index (χ3v) is 4.94. The quantitative estimate of drug-likeness (QED) is 0.460. The van der Waals surface area contributed by atoms with Gasteiger partial charge in [0.25, 0.3) is 0 Å². The Morgan fingerprint density at radius 1 is 1.00 bits per heavy atom.